The maximum atomic E-state index is 11.4. The lowest BCUT2D eigenvalue weighted by Gasteiger charge is -2.10. The van der Waals surface area contributed by atoms with E-state index >= 15 is 0 Å². The summed E-state index contributed by atoms with van der Waals surface area (Å²) in [5.74, 6) is 1.55. The Morgan fingerprint density at radius 3 is 2.57 bits per heavy atom. The Morgan fingerprint density at radius 1 is 1.10 bits per heavy atom. The van der Waals surface area contributed by atoms with E-state index < -0.39 is 5.97 Å². The summed E-state index contributed by atoms with van der Waals surface area (Å²) in [6.07, 6.45) is 1.63. The van der Waals surface area contributed by atoms with E-state index in [0.29, 0.717) is 23.2 Å². The van der Waals surface area contributed by atoms with Crippen molar-refractivity contribution >= 4 is 18.1 Å². The second-order valence-corrected chi connectivity index (χ2v) is 6.30. The second kappa shape index (κ2) is 9.55. The second-order valence-electron chi connectivity index (χ2n) is 6.30. The van der Waals surface area contributed by atoms with Crippen molar-refractivity contribution in [2.75, 3.05) is 19.6 Å². The van der Waals surface area contributed by atoms with Gasteiger partial charge in [-0.3, -0.25) is 0 Å². The lowest BCUT2D eigenvalue weighted by atomic mass is 10.2. The molecule has 0 aliphatic rings. The summed E-state index contributed by atoms with van der Waals surface area (Å²) < 4.78 is 21.1. The van der Waals surface area contributed by atoms with Crippen LogP contribution in [0.1, 0.15) is 33.3 Å². The number of benzene rings is 1. The molecule has 3 aromatic rings. The van der Waals surface area contributed by atoms with Gasteiger partial charge in [-0.1, -0.05) is 0 Å². The number of ether oxygens (including phenoxy) is 3. The van der Waals surface area contributed by atoms with Gasteiger partial charge in [-0.2, -0.15) is 5.10 Å². The Kier molecular flexibility index (Phi) is 6.63. The molecular weight excluding hydrogens is 388 g/mol. The van der Waals surface area contributed by atoms with E-state index in [9.17, 15) is 4.79 Å². The third-order valence-electron chi connectivity index (χ3n) is 3.97. The number of carbonyl (C=O) groups is 1. The fourth-order valence-electron chi connectivity index (χ4n) is 2.64. The average molecular weight is 410 g/mol. The molecule has 0 spiro atoms. The van der Waals surface area contributed by atoms with Gasteiger partial charge in [0.2, 0.25) is 11.7 Å². The highest BCUT2D eigenvalue weighted by atomic mass is 16.5. The Bertz CT molecular complexity index is 1040. The quantitative estimate of drug-likeness (QED) is 0.341. The van der Waals surface area contributed by atoms with Crippen molar-refractivity contribution in [3.05, 3.63) is 64.9 Å². The minimum atomic E-state index is -0.540. The molecule has 0 saturated heterocycles. The molecule has 0 aliphatic carbocycles. The van der Waals surface area contributed by atoms with Gasteiger partial charge in [0.1, 0.15) is 12.4 Å². The molecule has 0 unspecified atom stereocenters. The summed E-state index contributed by atoms with van der Waals surface area (Å²) in [4.78, 5) is 20.0. The number of nitrogens with one attached hydrogen (secondary N) is 1. The molecule has 0 radical (unpaired) electrons. The fraction of sp³-hybridized carbons (Fsp3) is 0.238. The minimum Gasteiger partial charge on any atom is -0.493 e. The number of hydrazone groups is 1. The highest BCUT2D eigenvalue weighted by molar-refractivity contribution is 5.86. The van der Waals surface area contributed by atoms with E-state index in [-0.39, 0.29) is 12.4 Å². The number of anilines is 1. The zero-order chi connectivity index (χ0) is 21.5. The van der Waals surface area contributed by atoms with Gasteiger partial charge < -0.3 is 18.6 Å². The van der Waals surface area contributed by atoms with Crippen LogP contribution in [0.15, 0.2) is 45.9 Å². The van der Waals surface area contributed by atoms with Crippen LogP contribution in [0.5, 0.6) is 11.5 Å². The topological polar surface area (TPSA) is 108 Å². The molecule has 9 nitrogen and oxygen atoms in total. The number of nitrogens with zero attached hydrogens (tertiary/aromatic N) is 3. The number of methoxy groups -OCH3 is 2. The van der Waals surface area contributed by atoms with Crippen LogP contribution in [-0.2, 0) is 11.3 Å². The molecule has 0 atom stereocenters. The predicted octanol–water partition coefficient (Wildman–Crippen LogP) is 3.51. The summed E-state index contributed by atoms with van der Waals surface area (Å²) >= 11 is 0. The molecule has 2 aromatic heterocycles. The lowest BCUT2D eigenvalue weighted by Crippen LogP contribution is -2.00. The number of hydrogen-bond acceptors (Lipinski definition) is 9. The molecule has 0 saturated carbocycles. The molecule has 30 heavy (non-hydrogen) atoms. The Balaban J connectivity index is 1.64. The van der Waals surface area contributed by atoms with Crippen molar-refractivity contribution < 1.29 is 23.4 Å². The maximum absolute atomic E-state index is 11.4. The molecule has 3 rings (SSSR count). The number of carbonyl (C=O) groups excluding carboxylic acids is 1. The van der Waals surface area contributed by atoms with E-state index in [1.807, 2.05) is 26.0 Å². The van der Waals surface area contributed by atoms with Gasteiger partial charge >= 0.3 is 5.97 Å². The third kappa shape index (κ3) is 5.34. The van der Waals surface area contributed by atoms with Crippen molar-refractivity contribution in [2.24, 2.45) is 5.10 Å². The Morgan fingerprint density at radius 2 is 1.87 bits per heavy atom. The van der Waals surface area contributed by atoms with Crippen LogP contribution in [0.2, 0.25) is 0 Å². The number of aryl methyl sites for hydroxylation is 2. The number of aromatic nitrogens is 2. The molecule has 0 amide bonds. The summed E-state index contributed by atoms with van der Waals surface area (Å²) in [6.45, 7) is 3.92. The predicted molar refractivity (Wildman–Crippen MR) is 110 cm³/mol. The van der Waals surface area contributed by atoms with E-state index in [2.05, 4.69) is 25.2 Å². The first kappa shape index (κ1) is 20.8. The first-order valence-electron chi connectivity index (χ1n) is 9.07. The van der Waals surface area contributed by atoms with E-state index in [1.165, 1.54) is 13.2 Å². The summed E-state index contributed by atoms with van der Waals surface area (Å²) in [7, 11) is 2.84. The molecule has 156 valence electrons. The van der Waals surface area contributed by atoms with E-state index in [4.69, 9.17) is 13.9 Å². The van der Waals surface area contributed by atoms with Gasteiger partial charge in [-0.25, -0.2) is 20.2 Å². The zero-order valence-electron chi connectivity index (χ0n) is 17.1. The maximum Gasteiger partial charge on any atom is 0.373 e. The highest BCUT2D eigenvalue weighted by Crippen LogP contribution is 2.28. The van der Waals surface area contributed by atoms with Gasteiger partial charge in [0.15, 0.2) is 11.5 Å². The van der Waals surface area contributed by atoms with Gasteiger partial charge in [0, 0.05) is 11.4 Å². The standard InChI is InChI=1S/C21H22N4O5/c1-13-9-14(2)24-21(23-13)25-22-11-15-5-7-17(19(10-15)27-3)29-12-16-6-8-18(30-16)20(26)28-4/h5-11H,12H2,1-4H3,(H,23,24,25)/b22-11-. The van der Waals surface area contributed by atoms with Crippen LogP contribution in [0.4, 0.5) is 5.95 Å². The van der Waals surface area contributed by atoms with E-state index in [0.717, 1.165) is 17.0 Å². The third-order valence-corrected chi connectivity index (χ3v) is 3.97. The molecule has 9 heteroatoms. The zero-order valence-corrected chi connectivity index (χ0v) is 17.1. The minimum absolute atomic E-state index is 0.120. The number of rotatable bonds is 8. The van der Waals surface area contributed by atoms with Gasteiger partial charge in [-0.15, -0.1) is 0 Å². The number of hydrogen-bond donors (Lipinski definition) is 1. The molecule has 0 aliphatic heterocycles. The smallest absolute Gasteiger partial charge is 0.373 e. The fourth-order valence-corrected chi connectivity index (χ4v) is 2.64. The van der Waals surface area contributed by atoms with Crippen LogP contribution < -0.4 is 14.9 Å². The average Bonchev–Trinajstić information content (AvgIpc) is 3.20. The van der Waals surface area contributed by atoms with Gasteiger partial charge in [0.05, 0.1) is 20.4 Å². The lowest BCUT2D eigenvalue weighted by molar-refractivity contribution is 0.0561. The van der Waals surface area contributed by atoms with Crippen LogP contribution in [0.25, 0.3) is 0 Å². The Hall–Kier alpha value is -3.88. The monoisotopic (exact) mass is 410 g/mol. The molecule has 2 heterocycles. The van der Waals surface area contributed by atoms with Crippen molar-refractivity contribution in [2.45, 2.75) is 20.5 Å². The normalized spacial score (nSPS) is 10.8. The summed E-state index contributed by atoms with van der Waals surface area (Å²) in [6, 6.07) is 10.4. The van der Waals surface area contributed by atoms with Crippen LogP contribution in [0.3, 0.4) is 0 Å². The molecule has 0 fully saturated rings. The highest BCUT2D eigenvalue weighted by Gasteiger charge is 2.12. The first-order chi connectivity index (χ1) is 14.5. The van der Waals surface area contributed by atoms with Crippen LogP contribution in [0, 0.1) is 13.8 Å². The summed E-state index contributed by atoms with van der Waals surface area (Å²) in [5.41, 5.74) is 5.33. The molecule has 1 N–H and O–H groups in total. The number of furan rings is 1. The van der Waals surface area contributed by atoms with Crippen molar-refractivity contribution in [1.29, 1.82) is 0 Å². The van der Waals surface area contributed by atoms with Crippen LogP contribution >= 0.6 is 0 Å². The van der Waals surface area contributed by atoms with E-state index in [1.54, 1.807) is 31.5 Å². The van der Waals surface area contributed by atoms with Crippen molar-refractivity contribution in [1.82, 2.24) is 9.97 Å². The van der Waals surface area contributed by atoms with Crippen molar-refractivity contribution in [3.63, 3.8) is 0 Å². The Labute approximate surface area is 173 Å². The van der Waals surface area contributed by atoms with Gasteiger partial charge in [-0.05, 0) is 55.8 Å². The molecule has 1 aromatic carbocycles. The summed E-state index contributed by atoms with van der Waals surface area (Å²) in [5, 5.41) is 4.16. The van der Waals surface area contributed by atoms with Gasteiger partial charge in [0.25, 0.3) is 0 Å². The largest absolute Gasteiger partial charge is 0.493 e. The first-order valence-corrected chi connectivity index (χ1v) is 9.07. The molecular formula is C21H22N4O5. The molecule has 0 bridgehead atoms. The number of esters is 1. The van der Waals surface area contributed by atoms with Crippen molar-refractivity contribution in [3.8, 4) is 11.5 Å². The SMILES string of the molecule is COC(=O)c1ccc(COc2ccc(/C=N\Nc3nc(C)cc(C)n3)cc2OC)o1. The van der Waals surface area contributed by atoms with Crippen LogP contribution in [-0.4, -0.2) is 36.4 Å².